The first kappa shape index (κ1) is 24.8. The lowest BCUT2D eigenvalue weighted by Gasteiger charge is -2.34. The van der Waals surface area contributed by atoms with Crippen LogP contribution < -0.4 is 10.6 Å². The molecule has 196 valence electrons. The van der Waals surface area contributed by atoms with E-state index < -0.39 is 5.60 Å². The molecule has 4 aromatic rings. The van der Waals surface area contributed by atoms with E-state index in [4.69, 9.17) is 16.3 Å². The van der Waals surface area contributed by atoms with Gasteiger partial charge in [0.15, 0.2) is 0 Å². The van der Waals surface area contributed by atoms with E-state index in [1.165, 1.54) is 0 Å². The molecule has 0 spiro atoms. The SMILES string of the molecule is CN(C)Cc1cc(Nc2ccc(-c3cnc4cc(Cl)ccn34)c3c2C(=O)NC3)ncc1C1(O)CCOCC1. The van der Waals surface area contributed by atoms with Crippen LogP contribution in [-0.2, 0) is 23.4 Å². The zero-order valence-corrected chi connectivity index (χ0v) is 22.0. The molecule has 1 amide bonds. The third-order valence-electron chi connectivity index (χ3n) is 7.28. The fourth-order valence-corrected chi connectivity index (χ4v) is 5.57. The number of carbonyl (C=O) groups excluding carboxylic acids is 1. The summed E-state index contributed by atoms with van der Waals surface area (Å²) in [5, 5.41) is 18.3. The number of amides is 1. The number of nitrogens with one attached hydrogen (secondary N) is 2. The van der Waals surface area contributed by atoms with Crippen LogP contribution in [0.5, 0.6) is 0 Å². The van der Waals surface area contributed by atoms with E-state index in [0.29, 0.717) is 61.2 Å². The highest BCUT2D eigenvalue weighted by molar-refractivity contribution is 6.30. The van der Waals surface area contributed by atoms with Crippen LogP contribution in [0.3, 0.4) is 0 Å². The molecular weight excluding hydrogens is 504 g/mol. The number of halogens is 1. The molecule has 0 bridgehead atoms. The second-order valence-electron chi connectivity index (χ2n) is 10.1. The van der Waals surface area contributed by atoms with Gasteiger partial charge in [-0.1, -0.05) is 17.7 Å². The second kappa shape index (κ2) is 9.67. The van der Waals surface area contributed by atoms with Gasteiger partial charge in [0.2, 0.25) is 0 Å². The Bertz CT molecular complexity index is 1540. The van der Waals surface area contributed by atoms with Gasteiger partial charge < -0.3 is 25.4 Å². The molecule has 0 unspecified atom stereocenters. The molecule has 0 aliphatic carbocycles. The summed E-state index contributed by atoms with van der Waals surface area (Å²) in [4.78, 5) is 24.2. The smallest absolute Gasteiger partial charge is 0.254 e. The normalized spacial score (nSPS) is 16.6. The molecule has 1 aromatic carbocycles. The molecule has 38 heavy (non-hydrogen) atoms. The molecule has 1 fully saturated rings. The van der Waals surface area contributed by atoms with Crippen molar-refractivity contribution in [2.24, 2.45) is 0 Å². The second-order valence-corrected chi connectivity index (χ2v) is 10.6. The molecule has 3 aromatic heterocycles. The van der Waals surface area contributed by atoms with Gasteiger partial charge in [-0.2, -0.15) is 0 Å². The summed E-state index contributed by atoms with van der Waals surface area (Å²) < 4.78 is 7.44. The Balaban J connectivity index is 1.38. The molecule has 5 heterocycles. The van der Waals surface area contributed by atoms with E-state index in [2.05, 4.69) is 25.5 Å². The van der Waals surface area contributed by atoms with Crippen LogP contribution in [0.15, 0.2) is 48.9 Å². The number of aromatic nitrogens is 3. The largest absolute Gasteiger partial charge is 0.385 e. The van der Waals surface area contributed by atoms with Crippen LogP contribution in [0, 0.1) is 0 Å². The summed E-state index contributed by atoms with van der Waals surface area (Å²) in [5.74, 6) is 0.475. The summed E-state index contributed by atoms with van der Waals surface area (Å²) in [6.07, 6.45) is 6.50. The topological polar surface area (TPSA) is 104 Å². The lowest BCUT2D eigenvalue weighted by atomic mass is 9.84. The Hall–Kier alpha value is -3.50. The van der Waals surface area contributed by atoms with Gasteiger partial charge in [-0.15, -0.1) is 0 Å². The van der Waals surface area contributed by atoms with Crippen LogP contribution in [-0.4, -0.2) is 57.6 Å². The number of hydrogen-bond donors (Lipinski definition) is 3. The quantitative estimate of drug-likeness (QED) is 0.343. The number of ether oxygens (including phenoxy) is 1. The molecule has 0 atom stereocenters. The Kier molecular flexibility index (Phi) is 6.31. The number of hydrogen-bond acceptors (Lipinski definition) is 7. The summed E-state index contributed by atoms with van der Waals surface area (Å²) in [7, 11) is 3.99. The third kappa shape index (κ3) is 4.41. The summed E-state index contributed by atoms with van der Waals surface area (Å²) in [5.41, 5.74) is 5.57. The molecule has 10 heteroatoms. The van der Waals surface area contributed by atoms with Gasteiger partial charge in [0.25, 0.3) is 5.91 Å². The highest BCUT2D eigenvalue weighted by atomic mass is 35.5. The van der Waals surface area contributed by atoms with E-state index in [1.54, 1.807) is 12.4 Å². The Morgan fingerprint density at radius 2 is 2.00 bits per heavy atom. The maximum absolute atomic E-state index is 13.0. The minimum atomic E-state index is -0.962. The first-order valence-corrected chi connectivity index (χ1v) is 13.0. The number of anilines is 2. The van der Waals surface area contributed by atoms with Crippen LogP contribution in [0.2, 0.25) is 5.02 Å². The monoisotopic (exact) mass is 532 g/mol. The van der Waals surface area contributed by atoms with Crippen LogP contribution in [0.25, 0.3) is 16.9 Å². The lowest BCUT2D eigenvalue weighted by molar-refractivity contribution is -0.0687. The van der Waals surface area contributed by atoms with Gasteiger partial charge in [0.05, 0.1) is 28.7 Å². The predicted octanol–water partition coefficient (Wildman–Crippen LogP) is 4.10. The van der Waals surface area contributed by atoms with Crippen molar-refractivity contribution in [2.75, 3.05) is 32.6 Å². The number of aliphatic hydroxyl groups is 1. The van der Waals surface area contributed by atoms with E-state index in [9.17, 15) is 9.90 Å². The molecule has 2 aliphatic rings. The fraction of sp³-hybridized carbons (Fsp3) is 0.321. The Labute approximate surface area is 225 Å². The minimum Gasteiger partial charge on any atom is -0.385 e. The Morgan fingerprint density at radius 1 is 1.18 bits per heavy atom. The summed E-state index contributed by atoms with van der Waals surface area (Å²) >= 11 is 6.14. The molecule has 3 N–H and O–H groups in total. The summed E-state index contributed by atoms with van der Waals surface area (Å²) in [6, 6.07) is 9.49. The maximum atomic E-state index is 13.0. The van der Waals surface area contributed by atoms with Gasteiger partial charge in [-0.05, 0) is 43.4 Å². The molecule has 0 saturated carbocycles. The number of imidazole rings is 1. The summed E-state index contributed by atoms with van der Waals surface area (Å²) in [6.45, 7) is 2.11. The van der Waals surface area contributed by atoms with E-state index in [1.807, 2.05) is 55.0 Å². The van der Waals surface area contributed by atoms with Crippen molar-refractivity contribution < 1.29 is 14.6 Å². The van der Waals surface area contributed by atoms with Gasteiger partial charge in [-0.25, -0.2) is 9.97 Å². The maximum Gasteiger partial charge on any atom is 0.254 e. The standard InChI is InChI=1S/C28H29ClN6O3/c1-34(2)16-17-11-24(30-14-21(17)28(37)6-9-38-10-7-28)33-22-4-3-19(20-13-32-27(36)26(20)22)23-15-31-25-12-18(29)5-8-35(23)25/h3-5,8,11-12,14-15,37H,6-7,9-10,13,16H2,1-2H3,(H,30,33)(H,32,36). The van der Waals surface area contributed by atoms with Gasteiger partial charge in [0, 0.05) is 73.8 Å². The number of rotatable bonds is 6. The van der Waals surface area contributed by atoms with Crippen molar-refractivity contribution in [3.63, 3.8) is 0 Å². The number of carbonyl (C=O) groups is 1. The molecule has 1 saturated heterocycles. The van der Waals surface area contributed by atoms with Crippen molar-refractivity contribution in [3.8, 4) is 11.3 Å². The van der Waals surface area contributed by atoms with Gasteiger partial charge in [-0.3, -0.25) is 9.20 Å². The predicted molar refractivity (Wildman–Crippen MR) is 146 cm³/mol. The zero-order chi connectivity index (χ0) is 26.4. The molecule has 2 aliphatic heterocycles. The average molecular weight is 533 g/mol. The van der Waals surface area contributed by atoms with Crippen LogP contribution >= 0.6 is 11.6 Å². The van der Waals surface area contributed by atoms with Crippen molar-refractivity contribution >= 4 is 34.7 Å². The lowest BCUT2D eigenvalue weighted by Crippen LogP contribution is -2.35. The minimum absolute atomic E-state index is 0.136. The third-order valence-corrected chi connectivity index (χ3v) is 7.51. The Morgan fingerprint density at radius 3 is 2.79 bits per heavy atom. The molecular formula is C28H29ClN6O3. The number of pyridine rings is 2. The molecule has 6 rings (SSSR count). The van der Waals surface area contributed by atoms with Gasteiger partial charge in [0.1, 0.15) is 11.5 Å². The zero-order valence-electron chi connectivity index (χ0n) is 21.3. The van der Waals surface area contributed by atoms with Crippen molar-refractivity contribution in [3.05, 3.63) is 76.2 Å². The van der Waals surface area contributed by atoms with E-state index in [-0.39, 0.29) is 5.91 Å². The first-order valence-electron chi connectivity index (χ1n) is 12.6. The number of benzene rings is 1. The molecule has 9 nitrogen and oxygen atoms in total. The fourth-order valence-electron chi connectivity index (χ4n) is 5.42. The van der Waals surface area contributed by atoms with Crippen molar-refractivity contribution in [1.82, 2.24) is 24.6 Å². The number of fused-ring (bicyclic) bond motifs is 2. The highest BCUT2D eigenvalue weighted by Crippen LogP contribution is 2.38. The van der Waals surface area contributed by atoms with E-state index >= 15 is 0 Å². The van der Waals surface area contributed by atoms with Crippen molar-refractivity contribution in [1.29, 1.82) is 0 Å². The highest BCUT2D eigenvalue weighted by Gasteiger charge is 2.34. The average Bonchev–Trinajstić information content (AvgIpc) is 3.48. The van der Waals surface area contributed by atoms with Gasteiger partial charge >= 0.3 is 0 Å². The van der Waals surface area contributed by atoms with E-state index in [0.717, 1.165) is 33.6 Å². The van der Waals surface area contributed by atoms with Crippen molar-refractivity contribution in [2.45, 2.75) is 31.5 Å². The van der Waals surface area contributed by atoms with Crippen LogP contribution in [0.4, 0.5) is 11.5 Å². The molecule has 0 radical (unpaired) electrons. The number of nitrogens with zero attached hydrogens (tertiary/aromatic N) is 4. The first-order chi connectivity index (χ1) is 18.3. The van der Waals surface area contributed by atoms with Crippen LogP contribution in [0.1, 0.15) is 39.9 Å².